The number of halogens is 2. The van der Waals surface area contributed by atoms with Gasteiger partial charge in [0, 0.05) is 39.3 Å². The Kier molecular flexibility index (Phi) is 10.9. The van der Waals surface area contributed by atoms with Crippen LogP contribution in [0, 0.1) is 5.82 Å². The van der Waals surface area contributed by atoms with Gasteiger partial charge < -0.3 is 19.7 Å². The Hall–Kier alpha value is -1.13. The maximum absolute atomic E-state index is 13.6. The van der Waals surface area contributed by atoms with Crippen LogP contribution < -0.4 is 10.1 Å². The smallest absolute Gasteiger partial charge is 0.193 e. The molecule has 1 fully saturated rings. The number of para-hydroxylation sites is 1. The molecule has 0 spiro atoms. The van der Waals surface area contributed by atoms with Crippen molar-refractivity contribution in [1.29, 1.82) is 0 Å². The molecule has 6 nitrogen and oxygen atoms in total. The van der Waals surface area contributed by atoms with E-state index < -0.39 is 0 Å². The molecular formula is C19H32FIN4O2. The minimum Gasteiger partial charge on any atom is -0.489 e. The third-order valence-electron chi connectivity index (χ3n) is 4.64. The molecule has 1 saturated heterocycles. The van der Waals surface area contributed by atoms with Crippen molar-refractivity contribution >= 4 is 29.9 Å². The van der Waals surface area contributed by atoms with Crippen LogP contribution in [-0.2, 0) is 4.74 Å². The fourth-order valence-corrected chi connectivity index (χ4v) is 3.10. The highest BCUT2D eigenvalue weighted by atomic mass is 127. The van der Waals surface area contributed by atoms with Gasteiger partial charge in [0.2, 0.25) is 0 Å². The molecule has 8 heteroatoms. The molecule has 0 saturated carbocycles. The molecule has 1 aliphatic heterocycles. The highest BCUT2D eigenvalue weighted by Gasteiger charge is 2.23. The summed E-state index contributed by atoms with van der Waals surface area (Å²) in [5, 5.41) is 3.41. The molecule has 2 rings (SSSR count). The lowest BCUT2D eigenvalue weighted by molar-refractivity contribution is -0.0175. The lowest BCUT2D eigenvalue weighted by Crippen LogP contribution is -2.53. The normalized spacial score (nSPS) is 19.1. The van der Waals surface area contributed by atoms with Gasteiger partial charge in [-0.25, -0.2) is 4.39 Å². The molecule has 0 amide bonds. The molecule has 0 bridgehead atoms. The molecule has 2 unspecified atom stereocenters. The van der Waals surface area contributed by atoms with Gasteiger partial charge >= 0.3 is 0 Å². The van der Waals surface area contributed by atoms with E-state index >= 15 is 0 Å². The second-order valence-electron chi connectivity index (χ2n) is 6.64. The Morgan fingerprint density at radius 3 is 2.89 bits per heavy atom. The van der Waals surface area contributed by atoms with Crippen molar-refractivity contribution in [2.75, 3.05) is 53.6 Å². The number of morpholine rings is 1. The van der Waals surface area contributed by atoms with Gasteiger partial charge in [0.05, 0.1) is 19.8 Å². The number of hydrogen-bond donors (Lipinski definition) is 1. The number of guanidine groups is 1. The van der Waals surface area contributed by atoms with Crippen LogP contribution in [-0.4, -0.2) is 81.4 Å². The summed E-state index contributed by atoms with van der Waals surface area (Å²) < 4.78 is 24.6. The molecule has 1 aromatic rings. The monoisotopic (exact) mass is 494 g/mol. The Morgan fingerprint density at radius 2 is 2.22 bits per heavy atom. The van der Waals surface area contributed by atoms with Crippen molar-refractivity contribution in [2.45, 2.75) is 25.9 Å². The number of ether oxygens (including phenoxy) is 2. The Bertz CT molecular complexity index is 591. The zero-order chi connectivity index (χ0) is 18.9. The summed E-state index contributed by atoms with van der Waals surface area (Å²) in [6, 6.07) is 7.25. The molecule has 1 N–H and O–H groups in total. The number of rotatable bonds is 7. The Labute approximate surface area is 179 Å². The van der Waals surface area contributed by atoms with Crippen molar-refractivity contribution in [2.24, 2.45) is 4.99 Å². The van der Waals surface area contributed by atoms with E-state index in [1.165, 1.54) is 6.07 Å². The lowest BCUT2D eigenvalue weighted by atomic mass is 10.2. The standard InChI is InChI=1S/C19H31FN4O2.HI/c1-15(24-10-11-25-14-16(24)2)13-22-19(21-3)23(4)9-12-26-18-8-6-5-7-17(18)20;/h5-8,15-16H,9-14H2,1-4H3,(H,21,22);1H. The first-order valence-corrected chi connectivity index (χ1v) is 9.15. The maximum Gasteiger partial charge on any atom is 0.193 e. The first-order chi connectivity index (χ1) is 12.5. The summed E-state index contributed by atoms with van der Waals surface area (Å²) >= 11 is 0. The fraction of sp³-hybridized carbons (Fsp3) is 0.632. The molecular weight excluding hydrogens is 462 g/mol. The lowest BCUT2D eigenvalue weighted by Gasteiger charge is -2.38. The summed E-state index contributed by atoms with van der Waals surface area (Å²) in [7, 11) is 3.71. The second-order valence-corrected chi connectivity index (χ2v) is 6.64. The van der Waals surface area contributed by atoms with Gasteiger partial charge in [0.15, 0.2) is 17.5 Å². The third kappa shape index (κ3) is 7.42. The summed E-state index contributed by atoms with van der Waals surface area (Å²) in [5.74, 6) is 0.736. The minimum absolute atomic E-state index is 0. The van der Waals surface area contributed by atoms with Crippen LogP contribution in [0.3, 0.4) is 0 Å². The zero-order valence-corrected chi connectivity index (χ0v) is 19.0. The number of likely N-dealkylation sites (N-methyl/N-ethyl adjacent to an activating group) is 1. The summed E-state index contributed by atoms with van der Waals surface area (Å²) in [6.07, 6.45) is 0. The average Bonchev–Trinajstić information content (AvgIpc) is 2.64. The van der Waals surface area contributed by atoms with Crippen molar-refractivity contribution in [1.82, 2.24) is 15.1 Å². The molecule has 154 valence electrons. The van der Waals surface area contributed by atoms with Crippen LogP contribution in [0.4, 0.5) is 4.39 Å². The summed E-state index contributed by atoms with van der Waals surface area (Å²) in [6.45, 7) is 8.72. The molecule has 0 aromatic heterocycles. The van der Waals surface area contributed by atoms with Crippen molar-refractivity contribution in [3.05, 3.63) is 30.1 Å². The molecule has 1 heterocycles. The second kappa shape index (κ2) is 12.4. The van der Waals surface area contributed by atoms with Crippen LogP contribution in [0.5, 0.6) is 5.75 Å². The van der Waals surface area contributed by atoms with Crippen molar-refractivity contribution < 1.29 is 13.9 Å². The fourth-order valence-electron chi connectivity index (χ4n) is 3.10. The minimum atomic E-state index is -0.342. The van der Waals surface area contributed by atoms with E-state index in [4.69, 9.17) is 9.47 Å². The third-order valence-corrected chi connectivity index (χ3v) is 4.64. The highest BCUT2D eigenvalue weighted by Crippen LogP contribution is 2.15. The number of nitrogens with zero attached hydrogens (tertiary/aromatic N) is 3. The summed E-state index contributed by atoms with van der Waals surface area (Å²) in [5.41, 5.74) is 0. The van der Waals surface area contributed by atoms with Gasteiger partial charge in [-0.1, -0.05) is 12.1 Å². The van der Waals surface area contributed by atoms with Crippen LogP contribution in [0.1, 0.15) is 13.8 Å². The van der Waals surface area contributed by atoms with E-state index in [9.17, 15) is 4.39 Å². The van der Waals surface area contributed by atoms with Crippen molar-refractivity contribution in [3.8, 4) is 5.75 Å². The quantitative estimate of drug-likeness (QED) is 0.359. The Balaban J connectivity index is 0.00000364. The van der Waals surface area contributed by atoms with Crippen LogP contribution >= 0.6 is 24.0 Å². The van der Waals surface area contributed by atoms with E-state index in [-0.39, 0.29) is 35.5 Å². The highest BCUT2D eigenvalue weighted by molar-refractivity contribution is 14.0. The van der Waals surface area contributed by atoms with Gasteiger partial charge in [-0.15, -0.1) is 24.0 Å². The summed E-state index contributed by atoms with van der Waals surface area (Å²) in [4.78, 5) is 8.76. The predicted octanol–water partition coefficient (Wildman–Crippen LogP) is 2.44. The average molecular weight is 494 g/mol. The van der Waals surface area contributed by atoms with E-state index in [0.717, 1.165) is 32.3 Å². The van der Waals surface area contributed by atoms with Crippen LogP contribution in [0.25, 0.3) is 0 Å². The van der Waals surface area contributed by atoms with Gasteiger partial charge in [0.25, 0.3) is 0 Å². The number of nitrogens with one attached hydrogen (secondary N) is 1. The molecule has 1 aromatic carbocycles. The van der Waals surface area contributed by atoms with E-state index in [0.29, 0.717) is 25.2 Å². The van der Waals surface area contributed by atoms with Crippen LogP contribution in [0.15, 0.2) is 29.3 Å². The number of hydrogen-bond acceptors (Lipinski definition) is 4. The zero-order valence-electron chi connectivity index (χ0n) is 16.7. The largest absolute Gasteiger partial charge is 0.489 e. The van der Waals surface area contributed by atoms with E-state index in [1.807, 2.05) is 11.9 Å². The SMILES string of the molecule is CN=C(NCC(C)N1CCOCC1C)N(C)CCOc1ccccc1F.I. The first-order valence-electron chi connectivity index (χ1n) is 9.15. The molecule has 2 atom stereocenters. The molecule has 0 aliphatic carbocycles. The van der Waals surface area contributed by atoms with Gasteiger partial charge in [0.1, 0.15) is 6.61 Å². The molecule has 27 heavy (non-hydrogen) atoms. The van der Waals surface area contributed by atoms with Crippen molar-refractivity contribution in [3.63, 3.8) is 0 Å². The first kappa shape index (κ1) is 23.9. The maximum atomic E-state index is 13.6. The Morgan fingerprint density at radius 1 is 1.48 bits per heavy atom. The van der Waals surface area contributed by atoms with E-state index in [2.05, 4.69) is 29.1 Å². The molecule has 0 radical (unpaired) electrons. The van der Waals surface area contributed by atoms with E-state index in [1.54, 1.807) is 25.2 Å². The topological polar surface area (TPSA) is 49.3 Å². The number of benzene rings is 1. The van der Waals surface area contributed by atoms with Gasteiger partial charge in [-0.3, -0.25) is 9.89 Å². The molecule has 1 aliphatic rings. The van der Waals surface area contributed by atoms with Crippen LogP contribution in [0.2, 0.25) is 0 Å². The predicted molar refractivity (Wildman–Crippen MR) is 118 cm³/mol. The van der Waals surface area contributed by atoms with Gasteiger partial charge in [-0.05, 0) is 26.0 Å². The number of aliphatic imine (C=N–C) groups is 1. The van der Waals surface area contributed by atoms with Gasteiger partial charge in [-0.2, -0.15) is 0 Å².